The Morgan fingerprint density at radius 1 is 1.35 bits per heavy atom. The SMILES string of the molecule is CCOc1ccc(N[C@H]2CC(=O)NC2=O)cc1. The highest BCUT2D eigenvalue weighted by Gasteiger charge is 2.30. The Kier molecular flexibility index (Phi) is 3.27. The van der Waals surface area contributed by atoms with E-state index in [1.807, 2.05) is 31.2 Å². The van der Waals surface area contributed by atoms with Gasteiger partial charge in [0, 0.05) is 5.69 Å². The zero-order chi connectivity index (χ0) is 12.3. The first-order chi connectivity index (χ1) is 8.19. The van der Waals surface area contributed by atoms with E-state index in [9.17, 15) is 9.59 Å². The van der Waals surface area contributed by atoms with Crippen molar-refractivity contribution < 1.29 is 14.3 Å². The lowest BCUT2D eigenvalue weighted by atomic mass is 10.2. The molecule has 0 unspecified atom stereocenters. The van der Waals surface area contributed by atoms with Gasteiger partial charge in [-0.2, -0.15) is 0 Å². The number of rotatable bonds is 4. The van der Waals surface area contributed by atoms with Gasteiger partial charge in [-0.25, -0.2) is 0 Å². The van der Waals surface area contributed by atoms with Crippen LogP contribution in [0.1, 0.15) is 13.3 Å². The van der Waals surface area contributed by atoms with E-state index in [0.29, 0.717) is 6.61 Å². The molecule has 0 aliphatic carbocycles. The van der Waals surface area contributed by atoms with Crippen molar-refractivity contribution in [3.05, 3.63) is 24.3 Å². The maximum absolute atomic E-state index is 11.3. The van der Waals surface area contributed by atoms with E-state index >= 15 is 0 Å². The highest BCUT2D eigenvalue weighted by molar-refractivity contribution is 6.06. The van der Waals surface area contributed by atoms with Crippen molar-refractivity contribution in [3.63, 3.8) is 0 Å². The highest BCUT2D eigenvalue weighted by Crippen LogP contribution is 2.17. The molecule has 1 heterocycles. The molecule has 0 bridgehead atoms. The standard InChI is InChI=1S/C12H14N2O3/c1-2-17-9-5-3-8(4-6-9)13-10-7-11(15)14-12(10)16/h3-6,10,13H,2,7H2,1H3,(H,14,15,16)/t10-/m0/s1. The minimum absolute atomic E-state index is 0.187. The van der Waals surface area contributed by atoms with Crippen LogP contribution >= 0.6 is 0 Å². The molecule has 5 heteroatoms. The van der Waals surface area contributed by atoms with Crippen LogP contribution in [-0.4, -0.2) is 24.5 Å². The molecular formula is C12H14N2O3. The molecule has 1 atom stereocenters. The number of benzene rings is 1. The fraction of sp³-hybridized carbons (Fsp3) is 0.333. The molecule has 2 N–H and O–H groups in total. The lowest BCUT2D eigenvalue weighted by Crippen LogP contribution is -2.29. The van der Waals surface area contributed by atoms with Gasteiger partial charge >= 0.3 is 0 Å². The lowest BCUT2D eigenvalue weighted by molar-refractivity contribution is -0.124. The van der Waals surface area contributed by atoms with Crippen molar-refractivity contribution in [1.82, 2.24) is 5.32 Å². The van der Waals surface area contributed by atoms with Crippen LogP contribution in [0.25, 0.3) is 0 Å². The van der Waals surface area contributed by atoms with Gasteiger partial charge in [-0.1, -0.05) is 0 Å². The van der Waals surface area contributed by atoms with Gasteiger partial charge in [0.25, 0.3) is 0 Å². The van der Waals surface area contributed by atoms with E-state index in [2.05, 4.69) is 10.6 Å². The van der Waals surface area contributed by atoms with Crippen molar-refractivity contribution >= 4 is 17.5 Å². The molecule has 90 valence electrons. The van der Waals surface area contributed by atoms with Gasteiger partial charge in [0.05, 0.1) is 13.0 Å². The van der Waals surface area contributed by atoms with E-state index in [-0.39, 0.29) is 18.2 Å². The smallest absolute Gasteiger partial charge is 0.249 e. The summed E-state index contributed by atoms with van der Waals surface area (Å²) in [5.74, 6) is 0.271. The van der Waals surface area contributed by atoms with Gasteiger partial charge in [0.2, 0.25) is 11.8 Å². The quantitative estimate of drug-likeness (QED) is 0.760. The molecule has 17 heavy (non-hydrogen) atoms. The fourth-order valence-corrected chi connectivity index (χ4v) is 1.69. The van der Waals surface area contributed by atoms with Crippen LogP contribution < -0.4 is 15.4 Å². The molecule has 1 fully saturated rings. The lowest BCUT2D eigenvalue weighted by Gasteiger charge is -2.11. The maximum Gasteiger partial charge on any atom is 0.249 e. The number of hydrogen-bond acceptors (Lipinski definition) is 4. The van der Waals surface area contributed by atoms with E-state index in [1.54, 1.807) is 0 Å². The number of anilines is 1. The van der Waals surface area contributed by atoms with Crippen molar-refractivity contribution in [3.8, 4) is 5.75 Å². The summed E-state index contributed by atoms with van der Waals surface area (Å²) >= 11 is 0. The molecule has 1 aliphatic heterocycles. The average Bonchev–Trinajstić information content (AvgIpc) is 2.61. The van der Waals surface area contributed by atoms with Gasteiger partial charge in [-0.3, -0.25) is 14.9 Å². The van der Waals surface area contributed by atoms with Crippen molar-refractivity contribution in [1.29, 1.82) is 0 Å². The van der Waals surface area contributed by atoms with Crippen LogP contribution in [0.2, 0.25) is 0 Å². The molecule has 2 amide bonds. The third-order valence-electron chi connectivity index (χ3n) is 2.47. The molecule has 0 spiro atoms. The van der Waals surface area contributed by atoms with E-state index in [4.69, 9.17) is 4.74 Å². The number of ether oxygens (including phenoxy) is 1. The zero-order valence-corrected chi connectivity index (χ0v) is 9.53. The average molecular weight is 234 g/mol. The predicted molar refractivity (Wildman–Crippen MR) is 62.8 cm³/mol. The third-order valence-corrected chi connectivity index (χ3v) is 2.47. The van der Waals surface area contributed by atoms with Crippen molar-refractivity contribution in [2.75, 3.05) is 11.9 Å². The van der Waals surface area contributed by atoms with Crippen LogP contribution in [0.15, 0.2) is 24.3 Å². The van der Waals surface area contributed by atoms with Gasteiger partial charge in [0.15, 0.2) is 0 Å². The molecule has 1 saturated heterocycles. The number of hydrogen-bond donors (Lipinski definition) is 2. The van der Waals surface area contributed by atoms with Gasteiger partial charge < -0.3 is 10.1 Å². The normalized spacial score (nSPS) is 19.0. The Morgan fingerprint density at radius 2 is 2.06 bits per heavy atom. The molecule has 0 saturated carbocycles. The maximum atomic E-state index is 11.3. The van der Waals surface area contributed by atoms with Crippen LogP contribution in [-0.2, 0) is 9.59 Å². The van der Waals surface area contributed by atoms with Gasteiger partial charge in [-0.15, -0.1) is 0 Å². The van der Waals surface area contributed by atoms with E-state index in [0.717, 1.165) is 11.4 Å². The van der Waals surface area contributed by atoms with Crippen LogP contribution in [0, 0.1) is 0 Å². The van der Waals surface area contributed by atoms with Gasteiger partial charge in [-0.05, 0) is 31.2 Å². The molecule has 5 nitrogen and oxygen atoms in total. The minimum atomic E-state index is -0.472. The monoisotopic (exact) mass is 234 g/mol. The van der Waals surface area contributed by atoms with Crippen molar-refractivity contribution in [2.45, 2.75) is 19.4 Å². The Balaban J connectivity index is 1.99. The summed E-state index contributed by atoms with van der Waals surface area (Å²) in [5.41, 5.74) is 0.795. The first-order valence-electron chi connectivity index (χ1n) is 5.52. The Hall–Kier alpha value is -2.04. The summed E-state index contributed by atoms with van der Waals surface area (Å²) in [5, 5.41) is 5.26. The van der Waals surface area contributed by atoms with Crippen LogP contribution in [0.5, 0.6) is 5.75 Å². The van der Waals surface area contributed by atoms with Crippen LogP contribution in [0.3, 0.4) is 0 Å². The predicted octanol–water partition coefficient (Wildman–Crippen LogP) is 0.912. The number of nitrogens with one attached hydrogen (secondary N) is 2. The van der Waals surface area contributed by atoms with E-state index in [1.165, 1.54) is 0 Å². The number of carbonyl (C=O) groups is 2. The largest absolute Gasteiger partial charge is 0.494 e. The molecule has 1 aromatic carbocycles. The second-order valence-corrected chi connectivity index (χ2v) is 3.77. The number of imide groups is 1. The van der Waals surface area contributed by atoms with E-state index < -0.39 is 6.04 Å². The molecule has 1 aromatic rings. The zero-order valence-electron chi connectivity index (χ0n) is 9.53. The Morgan fingerprint density at radius 3 is 2.59 bits per heavy atom. The fourth-order valence-electron chi connectivity index (χ4n) is 1.69. The Labute approximate surface area is 99.2 Å². The molecule has 2 rings (SSSR count). The first-order valence-corrected chi connectivity index (χ1v) is 5.52. The third kappa shape index (κ3) is 2.75. The number of amides is 2. The topological polar surface area (TPSA) is 67.4 Å². The van der Waals surface area contributed by atoms with Crippen molar-refractivity contribution in [2.24, 2.45) is 0 Å². The highest BCUT2D eigenvalue weighted by atomic mass is 16.5. The second-order valence-electron chi connectivity index (χ2n) is 3.77. The summed E-state index contributed by atoms with van der Waals surface area (Å²) in [6, 6.07) is 6.81. The molecular weight excluding hydrogens is 220 g/mol. The summed E-state index contributed by atoms with van der Waals surface area (Å²) in [7, 11) is 0. The second kappa shape index (κ2) is 4.86. The number of carbonyl (C=O) groups excluding carboxylic acids is 2. The summed E-state index contributed by atoms with van der Waals surface area (Å²) < 4.78 is 5.31. The molecule has 0 aromatic heterocycles. The summed E-state index contributed by atoms with van der Waals surface area (Å²) in [6.07, 6.45) is 0.187. The van der Waals surface area contributed by atoms with Gasteiger partial charge in [0.1, 0.15) is 11.8 Å². The Bertz CT molecular complexity index is 428. The first kappa shape index (κ1) is 11.4. The molecule has 0 radical (unpaired) electrons. The molecule has 1 aliphatic rings. The summed E-state index contributed by atoms with van der Waals surface area (Å²) in [6.45, 7) is 2.53. The van der Waals surface area contributed by atoms with Crippen LogP contribution in [0.4, 0.5) is 5.69 Å². The summed E-state index contributed by atoms with van der Waals surface area (Å²) in [4.78, 5) is 22.3. The minimum Gasteiger partial charge on any atom is -0.494 e.